The van der Waals surface area contributed by atoms with E-state index in [2.05, 4.69) is 24.1 Å². The zero-order valence-electron chi connectivity index (χ0n) is 13.7. The molecule has 4 nitrogen and oxygen atoms in total. The second-order valence-corrected chi connectivity index (χ2v) is 9.12. The standard InChI is InChI=1S/C15H32N2O2S/c1-12(2)13-6-7-15(16-3)14(10-13)11-17(4)8-9-20(5,18)19/h12-16H,6-11H2,1-5H3. The SMILES string of the molecule is CNC1CCC(C(C)C)CC1CN(C)CCS(C)(=O)=O. The zero-order chi connectivity index (χ0) is 15.3. The van der Waals surface area contributed by atoms with Crippen molar-refractivity contribution in [2.75, 3.05) is 39.2 Å². The molecule has 1 aliphatic rings. The third-order valence-electron chi connectivity index (χ3n) is 4.73. The summed E-state index contributed by atoms with van der Waals surface area (Å²) in [6.07, 6.45) is 5.12. The molecule has 0 bridgehead atoms. The van der Waals surface area contributed by atoms with E-state index in [0.717, 1.165) is 18.4 Å². The summed E-state index contributed by atoms with van der Waals surface area (Å²) in [5.74, 6) is 2.45. The summed E-state index contributed by atoms with van der Waals surface area (Å²) in [5.41, 5.74) is 0. The van der Waals surface area contributed by atoms with E-state index in [1.165, 1.54) is 25.5 Å². The van der Waals surface area contributed by atoms with Crippen molar-refractivity contribution in [3.63, 3.8) is 0 Å². The van der Waals surface area contributed by atoms with Crippen molar-refractivity contribution in [3.8, 4) is 0 Å². The Morgan fingerprint density at radius 2 is 1.95 bits per heavy atom. The van der Waals surface area contributed by atoms with Crippen molar-refractivity contribution in [1.29, 1.82) is 0 Å². The van der Waals surface area contributed by atoms with Crippen molar-refractivity contribution in [2.24, 2.45) is 17.8 Å². The maximum atomic E-state index is 11.3. The predicted molar refractivity (Wildman–Crippen MR) is 85.7 cm³/mol. The summed E-state index contributed by atoms with van der Waals surface area (Å²) < 4.78 is 22.5. The molecular weight excluding hydrogens is 272 g/mol. The fourth-order valence-electron chi connectivity index (χ4n) is 3.30. The summed E-state index contributed by atoms with van der Waals surface area (Å²) in [6, 6.07) is 0.575. The highest BCUT2D eigenvalue weighted by atomic mass is 32.2. The molecule has 0 aliphatic heterocycles. The quantitative estimate of drug-likeness (QED) is 0.776. The van der Waals surface area contributed by atoms with Gasteiger partial charge in [0, 0.05) is 25.4 Å². The van der Waals surface area contributed by atoms with Gasteiger partial charge in [-0.3, -0.25) is 0 Å². The Morgan fingerprint density at radius 1 is 1.30 bits per heavy atom. The summed E-state index contributed by atoms with van der Waals surface area (Å²) in [4.78, 5) is 2.18. The van der Waals surface area contributed by atoms with Crippen molar-refractivity contribution >= 4 is 9.84 Å². The lowest BCUT2D eigenvalue weighted by molar-refractivity contribution is 0.138. The van der Waals surface area contributed by atoms with Crippen molar-refractivity contribution < 1.29 is 8.42 Å². The summed E-state index contributed by atoms with van der Waals surface area (Å²) in [7, 11) is 1.22. The van der Waals surface area contributed by atoms with E-state index in [0.29, 0.717) is 18.5 Å². The molecule has 0 radical (unpaired) electrons. The number of nitrogens with zero attached hydrogens (tertiary/aromatic N) is 1. The molecule has 0 aromatic carbocycles. The Hall–Kier alpha value is -0.130. The van der Waals surface area contributed by atoms with E-state index in [-0.39, 0.29) is 5.75 Å². The van der Waals surface area contributed by atoms with Gasteiger partial charge in [-0.05, 0) is 51.1 Å². The van der Waals surface area contributed by atoms with Crippen molar-refractivity contribution in [3.05, 3.63) is 0 Å². The largest absolute Gasteiger partial charge is 0.317 e. The molecule has 3 unspecified atom stereocenters. The molecule has 0 saturated heterocycles. The molecule has 1 fully saturated rings. The molecular formula is C15H32N2O2S. The Balaban J connectivity index is 2.52. The third-order valence-corrected chi connectivity index (χ3v) is 5.65. The maximum Gasteiger partial charge on any atom is 0.148 e. The Labute approximate surface area is 125 Å². The molecule has 20 heavy (non-hydrogen) atoms. The van der Waals surface area contributed by atoms with Crippen LogP contribution in [0, 0.1) is 17.8 Å². The van der Waals surface area contributed by atoms with Crippen LogP contribution >= 0.6 is 0 Å². The monoisotopic (exact) mass is 304 g/mol. The number of sulfone groups is 1. The molecule has 0 heterocycles. The van der Waals surface area contributed by atoms with Gasteiger partial charge in [-0.2, -0.15) is 0 Å². The van der Waals surface area contributed by atoms with Crippen LogP contribution in [0.5, 0.6) is 0 Å². The normalized spacial score (nSPS) is 28.2. The van der Waals surface area contributed by atoms with Crippen LogP contribution in [0.15, 0.2) is 0 Å². The van der Waals surface area contributed by atoms with Gasteiger partial charge in [0.05, 0.1) is 5.75 Å². The van der Waals surface area contributed by atoms with Crippen molar-refractivity contribution in [1.82, 2.24) is 10.2 Å². The number of nitrogens with one attached hydrogen (secondary N) is 1. The lowest BCUT2D eigenvalue weighted by atomic mass is 9.73. The van der Waals surface area contributed by atoms with Crippen LogP contribution in [0.2, 0.25) is 0 Å². The smallest absolute Gasteiger partial charge is 0.148 e. The van der Waals surface area contributed by atoms with Gasteiger partial charge in [-0.25, -0.2) is 8.42 Å². The van der Waals surface area contributed by atoms with Crippen LogP contribution < -0.4 is 5.32 Å². The minimum Gasteiger partial charge on any atom is -0.317 e. The maximum absolute atomic E-state index is 11.3. The first kappa shape index (κ1) is 17.9. The zero-order valence-corrected chi connectivity index (χ0v) is 14.5. The van der Waals surface area contributed by atoms with E-state index in [1.54, 1.807) is 0 Å². The van der Waals surface area contributed by atoms with E-state index < -0.39 is 9.84 Å². The first-order valence-electron chi connectivity index (χ1n) is 7.76. The van der Waals surface area contributed by atoms with Crippen molar-refractivity contribution in [2.45, 2.75) is 39.2 Å². The van der Waals surface area contributed by atoms with E-state index in [9.17, 15) is 8.42 Å². The molecule has 5 heteroatoms. The van der Waals surface area contributed by atoms with Gasteiger partial charge >= 0.3 is 0 Å². The fraction of sp³-hybridized carbons (Fsp3) is 1.00. The molecule has 3 atom stereocenters. The lowest BCUT2D eigenvalue weighted by Gasteiger charge is -2.39. The first-order valence-corrected chi connectivity index (χ1v) is 9.82. The predicted octanol–water partition coefficient (Wildman–Crippen LogP) is 1.62. The number of hydrogen-bond acceptors (Lipinski definition) is 4. The molecule has 0 amide bonds. The van der Waals surface area contributed by atoms with Gasteiger partial charge in [-0.15, -0.1) is 0 Å². The summed E-state index contributed by atoms with van der Waals surface area (Å²) in [5, 5.41) is 3.45. The highest BCUT2D eigenvalue weighted by Crippen LogP contribution is 2.34. The van der Waals surface area contributed by atoms with E-state index >= 15 is 0 Å². The Kier molecular flexibility index (Phi) is 6.95. The van der Waals surface area contributed by atoms with E-state index in [4.69, 9.17) is 0 Å². The Morgan fingerprint density at radius 3 is 2.45 bits per heavy atom. The minimum absolute atomic E-state index is 0.258. The average molecular weight is 304 g/mol. The van der Waals surface area contributed by atoms with Crippen LogP contribution in [-0.4, -0.2) is 58.6 Å². The van der Waals surface area contributed by atoms with Crippen LogP contribution in [0.4, 0.5) is 0 Å². The second kappa shape index (κ2) is 7.76. The molecule has 1 rings (SSSR count). The number of rotatable bonds is 7. The lowest BCUT2D eigenvalue weighted by Crippen LogP contribution is -2.45. The average Bonchev–Trinajstić information content (AvgIpc) is 2.35. The van der Waals surface area contributed by atoms with E-state index in [1.807, 2.05) is 14.1 Å². The van der Waals surface area contributed by atoms with Crippen LogP contribution in [0.25, 0.3) is 0 Å². The highest BCUT2D eigenvalue weighted by Gasteiger charge is 2.31. The third kappa shape index (κ3) is 6.10. The molecule has 1 aliphatic carbocycles. The van der Waals surface area contributed by atoms with Crippen LogP contribution in [-0.2, 0) is 9.84 Å². The fourth-order valence-corrected chi connectivity index (χ4v) is 3.94. The van der Waals surface area contributed by atoms with Gasteiger partial charge in [0.2, 0.25) is 0 Å². The topological polar surface area (TPSA) is 49.4 Å². The van der Waals surface area contributed by atoms with Crippen LogP contribution in [0.1, 0.15) is 33.1 Å². The summed E-state index contributed by atoms with van der Waals surface area (Å²) in [6.45, 7) is 6.26. The van der Waals surface area contributed by atoms with Gasteiger partial charge < -0.3 is 10.2 Å². The van der Waals surface area contributed by atoms with Gasteiger partial charge in [0.15, 0.2) is 0 Å². The molecule has 120 valence electrons. The molecule has 1 saturated carbocycles. The number of hydrogen-bond donors (Lipinski definition) is 1. The van der Waals surface area contributed by atoms with Crippen LogP contribution in [0.3, 0.4) is 0 Å². The molecule has 0 aromatic rings. The second-order valence-electron chi connectivity index (χ2n) is 6.86. The van der Waals surface area contributed by atoms with Gasteiger partial charge in [0.1, 0.15) is 9.84 Å². The molecule has 0 spiro atoms. The summed E-state index contributed by atoms with van der Waals surface area (Å²) >= 11 is 0. The minimum atomic E-state index is -2.86. The molecule has 0 aromatic heterocycles. The Bertz CT molecular complexity index is 381. The molecule has 1 N–H and O–H groups in total. The highest BCUT2D eigenvalue weighted by molar-refractivity contribution is 7.90. The van der Waals surface area contributed by atoms with Gasteiger partial charge in [0.25, 0.3) is 0 Å². The first-order chi connectivity index (χ1) is 9.23. The van der Waals surface area contributed by atoms with Gasteiger partial charge in [-0.1, -0.05) is 13.8 Å².